The van der Waals surface area contributed by atoms with Gasteiger partial charge in [-0.1, -0.05) is 67.9 Å². The lowest BCUT2D eigenvalue weighted by Crippen LogP contribution is -2.55. The molecule has 2 heterocycles. The number of nitrogens with zero attached hydrogens (tertiary/aromatic N) is 2. The minimum Gasteiger partial charge on any atom is -0.277 e. The van der Waals surface area contributed by atoms with Crippen LogP contribution in [0.1, 0.15) is 83.1 Å². The third-order valence-corrected chi connectivity index (χ3v) is 9.31. The van der Waals surface area contributed by atoms with E-state index in [2.05, 4.69) is 0 Å². The second-order valence-electron chi connectivity index (χ2n) is 12.4. The number of fused-ring (bicyclic) bond motifs is 2. The van der Waals surface area contributed by atoms with Crippen LogP contribution >= 0.6 is 0 Å². The molecule has 0 bridgehead atoms. The van der Waals surface area contributed by atoms with Crippen LogP contribution in [0.15, 0.2) is 84.9 Å². The zero-order valence-corrected chi connectivity index (χ0v) is 25.9. The molecule has 0 aliphatic carbocycles. The van der Waals surface area contributed by atoms with E-state index in [1.54, 1.807) is 12.1 Å². The minimum absolute atomic E-state index is 0.0787. The molecule has 0 unspecified atom stereocenters. The first kappa shape index (κ1) is 32.7. The van der Waals surface area contributed by atoms with Crippen molar-refractivity contribution >= 4 is 29.3 Å². The van der Waals surface area contributed by atoms with Gasteiger partial charge < -0.3 is 0 Å². The van der Waals surface area contributed by atoms with Crippen molar-refractivity contribution in [1.29, 1.82) is 0 Å². The number of halogens is 6. The minimum atomic E-state index is -6.04. The summed E-state index contributed by atoms with van der Waals surface area (Å²) in [6.45, 7) is 5.92. The summed E-state index contributed by atoms with van der Waals surface area (Å²) >= 11 is 0. The molecule has 0 N–H and O–H groups in total. The molecule has 2 aliphatic rings. The summed E-state index contributed by atoms with van der Waals surface area (Å²) in [6, 6.07) is 17.6. The van der Waals surface area contributed by atoms with Gasteiger partial charge >= 0.3 is 12.4 Å². The molecule has 4 aromatic carbocycles. The Hall–Kier alpha value is -5.26. The van der Waals surface area contributed by atoms with Crippen LogP contribution in [0, 0.1) is 6.92 Å². The summed E-state index contributed by atoms with van der Waals surface area (Å²) in [4.78, 5) is 53.1. The summed E-state index contributed by atoms with van der Waals surface area (Å²) in [5.41, 5.74) is -6.97. The van der Waals surface area contributed by atoms with Crippen molar-refractivity contribution < 1.29 is 45.5 Å². The van der Waals surface area contributed by atoms with Crippen LogP contribution < -0.4 is 4.90 Å². The van der Waals surface area contributed by atoms with Crippen molar-refractivity contribution in [2.75, 3.05) is 11.9 Å². The van der Waals surface area contributed by atoms with E-state index in [9.17, 15) is 45.5 Å². The van der Waals surface area contributed by atoms with Crippen LogP contribution in [0.3, 0.4) is 0 Å². The summed E-state index contributed by atoms with van der Waals surface area (Å²) in [5.74, 6) is -3.95. The van der Waals surface area contributed by atoms with Gasteiger partial charge in [-0.15, -0.1) is 0 Å². The number of alkyl halides is 6. The van der Waals surface area contributed by atoms with E-state index in [-0.39, 0.29) is 16.8 Å². The highest BCUT2D eigenvalue weighted by Crippen LogP contribution is 2.57. The molecule has 4 aromatic rings. The van der Waals surface area contributed by atoms with E-state index in [1.165, 1.54) is 12.1 Å². The quantitative estimate of drug-likeness (QED) is 0.162. The zero-order chi connectivity index (χ0) is 35.1. The fourth-order valence-corrected chi connectivity index (χ4v) is 6.45. The highest BCUT2D eigenvalue weighted by Gasteiger charge is 2.73. The molecular weight excluding hydrogens is 638 g/mol. The van der Waals surface area contributed by atoms with Gasteiger partial charge in [-0.05, 0) is 65.6 Å². The predicted octanol–water partition coefficient (Wildman–Crippen LogP) is 7.76. The fourth-order valence-electron chi connectivity index (χ4n) is 6.45. The highest BCUT2D eigenvalue weighted by atomic mass is 19.4. The van der Waals surface area contributed by atoms with Gasteiger partial charge in [-0.25, -0.2) is 4.90 Å². The number of carbonyl (C=O) groups excluding carboxylic acids is 4. The van der Waals surface area contributed by atoms with Crippen LogP contribution in [0.5, 0.6) is 0 Å². The van der Waals surface area contributed by atoms with Crippen LogP contribution in [0.25, 0.3) is 0 Å². The largest absolute Gasteiger partial charge is 0.411 e. The number of carbonyl (C=O) groups is 4. The van der Waals surface area contributed by atoms with Gasteiger partial charge in [0.25, 0.3) is 23.6 Å². The molecule has 0 saturated carbocycles. The van der Waals surface area contributed by atoms with Crippen molar-refractivity contribution in [1.82, 2.24) is 4.90 Å². The molecule has 0 spiro atoms. The van der Waals surface area contributed by atoms with E-state index in [0.717, 1.165) is 35.9 Å². The van der Waals surface area contributed by atoms with Gasteiger partial charge in [0.1, 0.15) is 0 Å². The van der Waals surface area contributed by atoms with Gasteiger partial charge in [-0.3, -0.25) is 24.1 Å². The number of aryl methyl sites for hydroxylation is 1. The number of hydrogen-bond acceptors (Lipinski definition) is 4. The van der Waals surface area contributed by atoms with Gasteiger partial charge in [0.05, 0.1) is 27.9 Å². The monoisotopic (exact) mass is 664 g/mol. The number of hydrogen-bond donors (Lipinski definition) is 0. The van der Waals surface area contributed by atoms with Crippen molar-refractivity contribution in [3.8, 4) is 0 Å². The van der Waals surface area contributed by atoms with Crippen molar-refractivity contribution in [2.24, 2.45) is 0 Å². The number of anilines is 1. The van der Waals surface area contributed by atoms with Crippen molar-refractivity contribution in [2.45, 2.75) is 44.0 Å². The topological polar surface area (TPSA) is 74.8 Å². The zero-order valence-electron chi connectivity index (χ0n) is 25.9. The Labute approximate surface area is 270 Å². The summed E-state index contributed by atoms with van der Waals surface area (Å²) in [6.07, 6.45) is -12.1. The number of amides is 4. The molecule has 4 amide bonds. The molecule has 0 atom stereocenters. The molecule has 2 aliphatic heterocycles. The maximum Gasteiger partial charge on any atom is 0.411 e. The van der Waals surface area contributed by atoms with E-state index >= 15 is 0 Å². The van der Waals surface area contributed by atoms with Gasteiger partial charge in [0.15, 0.2) is 0 Å². The van der Waals surface area contributed by atoms with Crippen molar-refractivity contribution in [3.63, 3.8) is 0 Å². The molecule has 246 valence electrons. The number of benzene rings is 4. The Morgan fingerprint density at radius 1 is 0.500 bits per heavy atom. The van der Waals surface area contributed by atoms with Gasteiger partial charge in [-0.2, -0.15) is 26.3 Å². The average molecular weight is 665 g/mol. The maximum atomic E-state index is 14.9. The van der Waals surface area contributed by atoms with Crippen molar-refractivity contribution in [3.05, 3.63) is 135 Å². The molecular formula is C36H26F6N2O4. The molecule has 12 heteroatoms. The van der Waals surface area contributed by atoms with E-state index in [0.29, 0.717) is 34.1 Å². The van der Waals surface area contributed by atoms with Crippen LogP contribution in [0.2, 0.25) is 0 Å². The summed E-state index contributed by atoms with van der Waals surface area (Å²) in [5, 5.41) is 0. The molecule has 0 radical (unpaired) electrons. The second kappa shape index (κ2) is 10.6. The Balaban J connectivity index is 1.43. The molecule has 48 heavy (non-hydrogen) atoms. The molecule has 0 saturated heterocycles. The first-order chi connectivity index (χ1) is 22.3. The first-order valence-corrected chi connectivity index (χ1v) is 14.6. The Bertz CT molecular complexity index is 2020. The molecule has 0 fully saturated rings. The van der Waals surface area contributed by atoms with E-state index in [4.69, 9.17) is 0 Å². The third-order valence-electron chi connectivity index (χ3n) is 9.31. The Morgan fingerprint density at radius 2 is 0.875 bits per heavy atom. The Morgan fingerprint density at radius 3 is 1.35 bits per heavy atom. The van der Waals surface area contributed by atoms with Crippen LogP contribution in [-0.4, -0.2) is 47.9 Å². The second-order valence-corrected chi connectivity index (χ2v) is 12.4. The van der Waals surface area contributed by atoms with E-state index < -0.39 is 69.1 Å². The molecule has 0 aromatic heterocycles. The molecule has 6 rings (SSSR count). The summed E-state index contributed by atoms with van der Waals surface area (Å²) < 4.78 is 89.7. The highest BCUT2D eigenvalue weighted by molar-refractivity contribution is 6.34. The van der Waals surface area contributed by atoms with Crippen LogP contribution in [-0.2, 0) is 10.8 Å². The van der Waals surface area contributed by atoms with Crippen LogP contribution in [0.4, 0.5) is 32.0 Å². The average Bonchev–Trinajstić information content (AvgIpc) is 3.39. The lowest BCUT2D eigenvalue weighted by Gasteiger charge is -2.38. The number of imide groups is 2. The first-order valence-electron chi connectivity index (χ1n) is 14.6. The summed E-state index contributed by atoms with van der Waals surface area (Å²) in [7, 11) is 1.05. The number of rotatable bonds is 5. The third kappa shape index (κ3) is 4.56. The van der Waals surface area contributed by atoms with E-state index in [1.807, 2.05) is 45.0 Å². The predicted molar refractivity (Wildman–Crippen MR) is 163 cm³/mol. The smallest absolute Gasteiger partial charge is 0.277 e. The normalized spacial score (nSPS) is 15.4. The fraction of sp³-hybridized carbons (Fsp3) is 0.222. The maximum absolute atomic E-state index is 14.9. The lowest BCUT2D eigenvalue weighted by molar-refractivity contribution is -0.288. The standard InChI is InChI=1S/C36H26F6N2O4/c1-19-5-7-20(8-6-19)33(2,3)21-9-13-24(14-10-21)44-31(47)26-16-12-23(18-28(26)32(44)48)34(35(37,38)39,36(40,41)42)22-11-15-25-27(17-22)30(46)43(4)29(25)45/h5-18H,1-4H3. The Kier molecular flexibility index (Phi) is 7.23. The lowest BCUT2D eigenvalue weighted by atomic mass is 9.71. The van der Waals surface area contributed by atoms with Gasteiger partial charge in [0.2, 0.25) is 5.41 Å². The van der Waals surface area contributed by atoms with Gasteiger partial charge in [0, 0.05) is 12.5 Å². The SMILES string of the molecule is Cc1ccc(C(C)(C)c2ccc(N3C(=O)c4ccc(C(c5ccc6c(c5)C(=O)N(C)C6=O)(C(F)(F)F)C(F)(F)F)cc4C3=O)cc2)cc1. The molecule has 6 nitrogen and oxygen atoms in total.